The molecule has 1 amide bonds. The molecule has 0 fully saturated rings. The lowest BCUT2D eigenvalue weighted by Gasteiger charge is -2.31. The van der Waals surface area contributed by atoms with Crippen LogP contribution in [0.3, 0.4) is 0 Å². The predicted octanol–water partition coefficient (Wildman–Crippen LogP) is 2.27. The number of aliphatic imine (C=N–C) groups is 1. The van der Waals surface area contributed by atoms with Crippen LogP contribution in [0.2, 0.25) is 0 Å². The van der Waals surface area contributed by atoms with Gasteiger partial charge in [-0.2, -0.15) is 0 Å². The van der Waals surface area contributed by atoms with E-state index in [-0.39, 0.29) is 11.7 Å². The molecular formula is C21H21N5O4. The molecule has 1 aromatic carbocycles. The summed E-state index contributed by atoms with van der Waals surface area (Å²) in [6, 6.07) is 6.92. The number of aromatic nitrogens is 1. The summed E-state index contributed by atoms with van der Waals surface area (Å²) in [4.78, 5) is 34.6. The molecule has 2 N–H and O–H groups in total. The number of allylic oxidation sites excluding steroid dienone is 1. The Morgan fingerprint density at radius 3 is 2.63 bits per heavy atom. The van der Waals surface area contributed by atoms with Gasteiger partial charge in [0, 0.05) is 42.9 Å². The normalized spacial score (nSPS) is 15.6. The summed E-state index contributed by atoms with van der Waals surface area (Å²) in [5.41, 5.74) is 2.08. The number of anilines is 2. The Morgan fingerprint density at radius 2 is 1.97 bits per heavy atom. The van der Waals surface area contributed by atoms with E-state index in [9.17, 15) is 9.59 Å². The number of fused-ring (bicyclic) bond motifs is 3. The van der Waals surface area contributed by atoms with E-state index < -0.39 is 0 Å². The van der Waals surface area contributed by atoms with Crippen LogP contribution in [0.4, 0.5) is 11.5 Å². The van der Waals surface area contributed by atoms with Crippen molar-refractivity contribution in [1.29, 1.82) is 0 Å². The summed E-state index contributed by atoms with van der Waals surface area (Å²) in [6.07, 6.45) is 2.96. The highest BCUT2D eigenvalue weighted by Crippen LogP contribution is 2.38. The lowest BCUT2D eigenvalue weighted by Crippen LogP contribution is -2.36. The van der Waals surface area contributed by atoms with E-state index in [2.05, 4.69) is 20.6 Å². The first-order valence-corrected chi connectivity index (χ1v) is 9.35. The Hall–Kier alpha value is -3.88. The maximum absolute atomic E-state index is 12.8. The van der Waals surface area contributed by atoms with Gasteiger partial charge in [-0.1, -0.05) is 0 Å². The number of amides is 1. The van der Waals surface area contributed by atoms with Crippen LogP contribution < -0.4 is 20.1 Å². The average molecular weight is 407 g/mol. The van der Waals surface area contributed by atoms with Crippen molar-refractivity contribution in [2.45, 2.75) is 6.92 Å². The highest BCUT2D eigenvalue weighted by Gasteiger charge is 2.31. The number of amidine groups is 1. The second-order valence-electron chi connectivity index (χ2n) is 6.74. The molecule has 0 atom stereocenters. The van der Waals surface area contributed by atoms with E-state index in [1.165, 1.54) is 19.2 Å². The maximum atomic E-state index is 12.8. The van der Waals surface area contributed by atoms with Gasteiger partial charge in [0.05, 0.1) is 26.5 Å². The third-order valence-electron chi connectivity index (χ3n) is 4.78. The number of methoxy groups -OCH3 is 2. The summed E-state index contributed by atoms with van der Waals surface area (Å²) < 4.78 is 10.8. The SMILES string of the molecule is COc1cc2c(cc1OC)C1=NCCN1/C(=C/C(=O)c1ccc(NC(C)=O)nc1)N2. The van der Waals surface area contributed by atoms with E-state index in [4.69, 9.17) is 9.47 Å². The third kappa shape index (κ3) is 3.57. The summed E-state index contributed by atoms with van der Waals surface area (Å²) >= 11 is 0. The minimum Gasteiger partial charge on any atom is -0.493 e. The fraction of sp³-hybridized carbons (Fsp3) is 0.238. The van der Waals surface area contributed by atoms with Crippen LogP contribution in [0, 0.1) is 0 Å². The van der Waals surface area contributed by atoms with Crippen molar-refractivity contribution in [3.05, 3.63) is 53.5 Å². The largest absolute Gasteiger partial charge is 0.493 e. The Morgan fingerprint density at radius 1 is 1.20 bits per heavy atom. The van der Waals surface area contributed by atoms with Crippen LogP contribution in [0.5, 0.6) is 11.5 Å². The van der Waals surface area contributed by atoms with E-state index >= 15 is 0 Å². The van der Waals surface area contributed by atoms with Crippen LogP contribution >= 0.6 is 0 Å². The zero-order valence-electron chi connectivity index (χ0n) is 16.9. The molecule has 0 radical (unpaired) electrons. The number of nitrogens with zero attached hydrogens (tertiary/aromatic N) is 3. The molecule has 3 heterocycles. The zero-order chi connectivity index (χ0) is 21.3. The molecule has 0 saturated heterocycles. The van der Waals surface area contributed by atoms with Gasteiger partial charge in [0.25, 0.3) is 0 Å². The average Bonchev–Trinajstić information content (AvgIpc) is 3.23. The molecule has 1 aromatic heterocycles. The van der Waals surface area contributed by atoms with Gasteiger partial charge in [0.15, 0.2) is 17.3 Å². The molecule has 0 saturated carbocycles. The Balaban J connectivity index is 1.65. The van der Waals surface area contributed by atoms with Crippen LogP contribution in [0.25, 0.3) is 0 Å². The van der Waals surface area contributed by atoms with Crippen molar-refractivity contribution in [3.8, 4) is 11.5 Å². The van der Waals surface area contributed by atoms with Crippen molar-refractivity contribution < 1.29 is 19.1 Å². The van der Waals surface area contributed by atoms with Gasteiger partial charge in [-0.05, 0) is 18.2 Å². The Labute approximate surface area is 173 Å². The Kier molecular flexibility index (Phi) is 5.09. The molecule has 0 unspecified atom stereocenters. The summed E-state index contributed by atoms with van der Waals surface area (Å²) in [5.74, 6) is 2.56. The minimum atomic E-state index is -0.221. The van der Waals surface area contributed by atoms with E-state index in [1.54, 1.807) is 26.4 Å². The molecule has 154 valence electrons. The van der Waals surface area contributed by atoms with Crippen molar-refractivity contribution >= 4 is 29.0 Å². The molecule has 2 aliphatic rings. The number of ether oxygens (including phenoxy) is 2. The number of rotatable bonds is 5. The predicted molar refractivity (Wildman–Crippen MR) is 112 cm³/mol. The molecule has 0 aliphatic carbocycles. The number of ketones is 1. The number of hydrogen-bond acceptors (Lipinski definition) is 8. The van der Waals surface area contributed by atoms with Gasteiger partial charge in [0.2, 0.25) is 5.91 Å². The van der Waals surface area contributed by atoms with Crippen LogP contribution in [-0.4, -0.2) is 54.7 Å². The molecule has 0 spiro atoms. The maximum Gasteiger partial charge on any atom is 0.222 e. The monoisotopic (exact) mass is 407 g/mol. The van der Waals surface area contributed by atoms with Crippen molar-refractivity contribution in [1.82, 2.24) is 9.88 Å². The molecule has 2 aromatic rings. The van der Waals surface area contributed by atoms with Gasteiger partial charge in [-0.15, -0.1) is 0 Å². The molecule has 0 bridgehead atoms. The standard InChI is InChI=1S/C21H21N5O4/c1-12(27)24-19-5-4-13(11-23-19)16(28)10-20-25-15-9-18(30-3)17(29-2)8-14(15)21-22-6-7-26(20)21/h4-5,8-11,25H,6-7H2,1-3H3,(H,23,24,27)/b20-10+. The van der Waals surface area contributed by atoms with Gasteiger partial charge in [-0.25, -0.2) is 4.98 Å². The topological polar surface area (TPSA) is 105 Å². The van der Waals surface area contributed by atoms with Crippen molar-refractivity contribution in [2.24, 2.45) is 4.99 Å². The lowest BCUT2D eigenvalue weighted by molar-refractivity contribution is -0.114. The van der Waals surface area contributed by atoms with Crippen LogP contribution in [0.15, 0.2) is 47.4 Å². The van der Waals surface area contributed by atoms with Gasteiger partial charge in [-0.3, -0.25) is 14.6 Å². The first-order chi connectivity index (χ1) is 14.5. The van der Waals surface area contributed by atoms with E-state index in [1.807, 2.05) is 17.0 Å². The minimum absolute atomic E-state index is 0.213. The molecule has 4 rings (SSSR count). The summed E-state index contributed by atoms with van der Waals surface area (Å²) in [6.45, 7) is 2.69. The molecule has 9 nitrogen and oxygen atoms in total. The molecule has 30 heavy (non-hydrogen) atoms. The van der Waals surface area contributed by atoms with Crippen molar-refractivity contribution in [2.75, 3.05) is 37.9 Å². The number of pyridine rings is 1. The number of nitrogens with one attached hydrogen (secondary N) is 2. The first-order valence-electron chi connectivity index (χ1n) is 9.35. The van der Waals surface area contributed by atoms with E-state index in [0.29, 0.717) is 41.8 Å². The second-order valence-corrected chi connectivity index (χ2v) is 6.74. The first kappa shape index (κ1) is 19.4. The smallest absolute Gasteiger partial charge is 0.222 e. The fourth-order valence-electron chi connectivity index (χ4n) is 3.40. The summed E-state index contributed by atoms with van der Waals surface area (Å²) in [7, 11) is 3.16. The fourth-order valence-corrected chi connectivity index (χ4v) is 3.40. The zero-order valence-corrected chi connectivity index (χ0v) is 16.9. The molecular weight excluding hydrogens is 386 g/mol. The van der Waals surface area contributed by atoms with Gasteiger partial charge >= 0.3 is 0 Å². The summed E-state index contributed by atoms with van der Waals surface area (Å²) in [5, 5.41) is 5.88. The highest BCUT2D eigenvalue weighted by molar-refractivity contribution is 6.10. The number of carbonyl (C=O) groups excluding carboxylic acids is 2. The van der Waals surface area contributed by atoms with Gasteiger partial charge in [0.1, 0.15) is 17.5 Å². The molecule has 2 aliphatic heterocycles. The Bertz CT molecular complexity index is 1080. The van der Waals surface area contributed by atoms with Crippen molar-refractivity contribution in [3.63, 3.8) is 0 Å². The number of benzene rings is 1. The third-order valence-corrected chi connectivity index (χ3v) is 4.78. The second kappa shape index (κ2) is 7.86. The molecule has 9 heteroatoms. The van der Waals surface area contributed by atoms with Crippen LogP contribution in [0.1, 0.15) is 22.8 Å². The van der Waals surface area contributed by atoms with E-state index in [0.717, 1.165) is 17.1 Å². The number of hydrogen-bond donors (Lipinski definition) is 2. The van der Waals surface area contributed by atoms with Gasteiger partial charge < -0.3 is 25.0 Å². The number of carbonyl (C=O) groups is 2. The highest BCUT2D eigenvalue weighted by atomic mass is 16.5. The lowest BCUT2D eigenvalue weighted by atomic mass is 10.1. The quantitative estimate of drug-likeness (QED) is 0.579. The van der Waals surface area contributed by atoms with Crippen LogP contribution in [-0.2, 0) is 4.79 Å².